The molecule has 1 aromatic heterocycles. The summed E-state index contributed by atoms with van der Waals surface area (Å²) in [5.74, 6) is -0.799. The second-order valence-corrected chi connectivity index (χ2v) is 5.22. The number of carbonyl (C=O) groups is 2. The van der Waals surface area contributed by atoms with Gasteiger partial charge in [0.1, 0.15) is 11.5 Å². The Hall–Kier alpha value is -2.34. The van der Waals surface area contributed by atoms with Gasteiger partial charge in [-0.25, -0.2) is 4.79 Å². The largest absolute Gasteiger partial charge is 0.469 e. The summed E-state index contributed by atoms with van der Waals surface area (Å²) < 4.78 is 9.90. The van der Waals surface area contributed by atoms with Gasteiger partial charge in [-0.2, -0.15) is 0 Å². The maximum atomic E-state index is 11.9. The van der Waals surface area contributed by atoms with E-state index in [1.165, 1.54) is 18.4 Å². The summed E-state index contributed by atoms with van der Waals surface area (Å²) in [5.41, 5.74) is 7.63. The van der Waals surface area contributed by atoms with E-state index in [1.807, 2.05) is 18.2 Å². The molecule has 0 spiro atoms. The summed E-state index contributed by atoms with van der Waals surface area (Å²) in [6.45, 7) is 0.0866. The number of thiophene rings is 1. The van der Waals surface area contributed by atoms with Gasteiger partial charge in [-0.1, -0.05) is 24.3 Å². The van der Waals surface area contributed by atoms with Gasteiger partial charge in [0.05, 0.1) is 19.2 Å². The van der Waals surface area contributed by atoms with Crippen molar-refractivity contribution in [2.45, 2.75) is 13.0 Å². The molecule has 2 rings (SSSR count). The van der Waals surface area contributed by atoms with E-state index in [1.54, 1.807) is 17.5 Å². The number of esters is 2. The number of benzene rings is 1. The Morgan fingerprint density at radius 2 is 1.90 bits per heavy atom. The van der Waals surface area contributed by atoms with Crippen molar-refractivity contribution in [3.05, 3.63) is 51.7 Å². The van der Waals surface area contributed by atoms with Crippen molar-refractivity contribution in [3.63, 3.8) is 0 Å². The predicted octanol–water partition coefficient (Wildman–Crippen LogP) is 2.40. The van der Waals surface area contributed by atoms with Crippen molar-refractivity contribution >= 4 is 29.0 Å². The summed E-state index contributed by atoms with van der Waals surface area (Å²) in [7, 11) is 1.34. The van der Waals surface area contributed by atoms with Crippen molar-refractivity contribution in [1.29, 1.82) is 0 Å². The molecule has 0 amide bonds. The van der Waals surface area contributed by atoms with E-state index in [2.05, 4.69) is 4.74 Å². The standard InChI is InChI=1S/C15H15NO4S/c1-19-13(17)8-10-4-2-3-5-11(10)9-20-15(18)14-12(16)6-7-21-14/h2-7H,8-9,16H2,1H3. The van der Waals surface area contributed by atoms with E-state index in [-0.39, 0.29) is 19.0 Å². The van der Waals surface area contributed by atoms with Gasteiger partial charge in [-0.15, -0.1) is 11.3 Å². The van der Waals surface area contributed by atoms with E-state index in [0.717, 1.165) is 11.1 Å². The predicted molar refractivity (Wildman–Crippen MR) is 80.0 cm³/mol. The molecule has 21 heavy (non-hydrogen) atoms. The zero-order valence-corrected chi connectivity index (χ0v) is 12.3. The summed E-state index contributed by atoms with van der Waals surface area (Å²) in [6.07, 6.45) is 0.144. The van der Waals surface area contributed by atoms with Crippen LogP contribution in [0.1, 0.15) is 20.8 Å². The van der Waals surface area contributed by atoms with Crippen LogP contribution in [-0.4, -0.2) is 19.0 Å². The molecule has 0 aliphatic rings. The zero-order chi connectivity index (χ0) is 15.2. The minimum absolute atomic E-state index is 0.0866. The number of nitrogens with two attached hydrogens (primary N) is 1. The van der Waals surface area contributed by atoms with Gasteiger partial charge < -0.3 is 15.2 Å². The van der Waals surface area contributed by atoms with E-state index in [9.17, 15) is 9.59 Å². The average molecular weight is 305 g/mol. The highest BCUT2D eigenvalue weighted by atomic mass is 32.1. The molecule has 110 valence electrons. The van der Waals surface area contributed by atoms with Gasteiger partial charge in [0, 0.05) is 0 Å². The highest BCUT2D eigenvalue weighted by Crippen LogP contribution is 2.21. The topological polar surface area (TPSA) is 78.6 Å². The number of hydrogen-bond donors (Lipinski definition) is 1. The normalized spacial score (nSPS) is 10.1. The second kappa shape index (κ2) is 6.90. The molecular weight excluding hydrogens is 290 g/mol. The molecule has 0 bridgehead atoms. The maximum absolute atomic E-state index is 11.9. The second-order valence-electron chi connectivity index (χ2n) is 4.30. The third-order valence-corrected chi connectivity index (χ3v) is 3.83. The number of hydrogen-bond acceptors (Lipinski definition) is 6. The fourth-order valence-electron chi connectivity index (χ4n) is 1.79. The molecule has 0 aliphatic carbocycles. The van der Waals surface area contributed by atoms with Crippen LogP contribution in [0.15, 0.2) is 35.7 Å². The monoisotopic (exact) mass is 305 g/mol. The molecule has 0 atom stereocenters. The summed E-state index contributed by atoms with van der Waals surface area (Å²) in [4.78, 5) is 23.7. The Labute approximate surface area is 126 Å². The molecule has 1 aromatic carbocycles. The lowest BCUT2D eigenvalue weighted by atomic mass is 10.1. The summed E-state index contributed by atoms with van der Waals surface area (Å²) in [6, 6.07) is 8.92. The van der Waals surface area contributed by atoms with Crippen LogP contribution in [0, 0.1) is 0 Å². The lowest BCUT2D eigenvalue weighted by Crippen LogP contribution is -2.10. The SMILES string of the molecule is COC(=O)Cc1ccccc1COC(=O)c1sccc1N. The first kappa shape index (κ1) is 15.1. The summed E-state index contributed by atoms with van der Waals surface area (Å²) >= 11 is 1.24. The van der Waals surface area contributed by atoms with Gasteiger partial charge in [0.15, 0.2) is 0 Å². The fourth-order valence-corrected chi connectivity index (χ4v) is 2.50. The first-order valence-electron chi connectivity index (χ1n) is 6.25. The van der Waals surface area contributed by atoms with E-state index in [4.69, 9.17) is 10.5 Å². The number of rotatable bonds is 5. The lowest BCUT2D eigenvalue weighted by molar-refractivity contribution is -0.139. The molecule has 2 N–H and O–H groups in total. The Morgan fingerprint density at radius 3 is 2.52 bits per heavy atom. The van der Waals surface area contributed by atoms with Gasteiger partial charge in [-0.05, 0) is 22.6 Å². The van der Waals surface area contributed by atoms with Gasteiger partial charge in [0.2, 0.25) is 0 Å². The third kappa shape index (κ3) is 3.82. The van der Waals surface area contributed by atoms with Crippen LogP contribution in [0.3, 0.4) is 0 Å². The number of methoxy groups -OCH3 is 1. The molecule has 1 heterocycles. The first-order chi connectivity index (χ1) is 10.1. The van der Waals surface area contributed by atoms with Crippen molar-refractivity contribution < 1.29 is 19.1 Å². The number of anilines is 1. The highest BCUT2D eigenvalue weighted by molar-refractivity contribution is 7.12. The fraction of sp³-hybridized carbons (Fsp3) is 0.200. The van der Waals surface area contributed by atoms with Crippen LogP contribution in [-0.2, 0) is 27.3 Å². The third-order valence-electron chi connectivity index (χ3n) is 2.92. The van der Waals surface area contributed by atoms with Crippen molar-refractivity contribution in [2.24, 2.45) is 0 Å². The molecule has 0 fully saturated rings. The highest BCUT2D eigenvalue weighted by Gasteiger charge is 2.14. The number of carbonyl (C=O) groups excluding carboxylic acids is 2. The van der Waals surface area contributed by atoms with Gasteiger partial charge in [-0.3, -0.25) is 4.79 Å². The molecule has 0 saturated heterocycles. The van der Waals surface area contributed by atoms with E-state index < -0.39 is 5.97 Å². The van der Waals surface area contributed by atoms with E-state index >= 15 is 0 Å². The van der Waals surface area contributed by atoms with Gasteiger partial charge in [0.25, 0.3) is 0 Å². The van der Waals surface area contributed by atoms with Gasteiger partial charge >= 0.3 is 11.9 Å². The zero-order valence-electron chi connectivity index (χ0n) is 11.5. The van der Waals surface area contributed by atoms with Crippen LogP contribution < -0.4 is 5.73 Å². The Bertz CT molecular complexity index is 651. The average Bonchev–Trinajstić information content (AvgIpc) is 2.92. The first-order valence-corrected chi connectivity index (χ1v) is 7.13. The molecule has 0 radical (unpaired) electrons. The minimum atomic E-state index is -0.463. The molecule has 2 aromatic rings. The van der Waals surface area contributed by atoms with Crippen LogP contribution in [0.4, 0.5) is 5.69 Å². The Morgan fingerprint density at radius 1 is 1.19 bits per heavy atom. The van der Waals surface area contributed by atoms with Crippen molar-refractivity contribution in [2.75, 3.05) is 12.8 Å². The molecule has 6 heteroatoms. The van der Waals surface area contributed by atoms with Crippen LogP contribution in [0.2, 0.25) is 0 Å². The smallest absolute Gasteiger partial charge is 0.350 e. The van der Waals surface area contributed by atoms with Crippen LogP contribution in [0.5, 0.6) is 0 Å². The molecular formula is C15H15NO4S. The summed E-state index contributed by atoms with van der Waals surface area (Å²) in [5, 5.41) is 1.73. The Kier molecular flexibility index (Phi) is 4.94. The number of ether oxygens (including phenoxy) is 2. The molecule has 0 saturated carbocycles. The van der Waals surface area contributed by atoms with Crippen LogP contribution in [0.25, 0.3) is 0 Å². The van der Waals surface area contributed by atoms with Crippen molar-refractivity contribution in [1.82, 2.24) is 0 Å². The van der Waals surface area contributed by atoms with Crippen LogP contribution >= 0.6 is 11.3 Å². The molecule has 0 unspecified atom stereocenters. The van der Waals surface area contributed by atoms with E-state index in [0.29, 0.717) is 10.6 Å². The number of nitrogen functional groups attached to an aromatic ring is 1. The molecule has 5 nitrogen and oxygen atoms in total. The lowest BCUT2D eigenvalue weighted by Gasteiger charge is -2.09. The quantitative estimate of drug-likeness (QED) is 0.858. The minimum Gasteiger partial charge on any atom is -0.469 e. The Balaban J connectivity index is 2.05. The maximum Gasteiger partial charge on any atom is 0.350 e. The molecule has 0 aliphatic heterocycles. The van der Waals surface area contributed by atoms with Crippen molar-refractivity contribution in [3.8, 4) is 0 Å².